The molecule has 3 aliphatic rings. The Morgan fingerprint density at radius 3 is 2.38 bits per heavy atom. The molecule has 0 saturated carbocycles. The molecule has 0 unspecified atom stereocenters. The maximum absolute atomic E-state index is 13.0. The molecule has 2 atom stereocenters. The second-order valence-corrected chi connectivity index (χ2v) is 10.6. The number of thiophene rings is 1. The number of piperazine rings is 1. The number of aryl methyl sites for hydroxylation is 2. The van der Waals surface area contributed by atoms with Crippen LogP contribution in [-0.2, 0) is 17.6 Å². The van der Waals surface area contributed by atoms with Gasteiger partial charge in [-0.3, -0.25) is 14.5 Å². The SMILES string of the molecule is C[C@H]1C[C@H](C)CN(C(=O)CN2CCN(C(=O)c3cc4c(s3)CCCCC4)CC2)C1. The van der Waals surface area contributed by atoms with Crippen LogP contribution >= 0.6 is 11.3 Å². The normalized spacial score (nSPS) is 26.1. The van der Waals surface area contributed by atoms with Crippen molar-refractivity contribution in [2.75, 3.05) is 45.8 Å². The first-order valence-corrected chi connectivity index (χ1v) is 12.2. The summed E-state index contributed by atoms with van der Waals surface area (Å²) in [6.07, 6.45) is 7.29. The molecule has 4 rings (SSSR count). The molecule has 0 aromatic carbocycles. The first kappa shape index (κ1) is 20.9. The molecule has 1 aromatic rings. The average molecular weight is 418 g/mol. The number of fused-ring (bicyclic) bond motifs is 1. The summed E-state index contributed by atoms with van der Waals surface area (Å²) in [5, 5.41) is 0. The van der Waals surface area contributed by atoms with Gasteiger partial charge in [-0.15, -0.1) is 11.3 Å². The number of rotatable bonds is 3. The molecule has 0 spiro atoms. The fourth-order valence-corrected chi connectivity index (χ4v) is 6.42. The molecule has 2 amide bonds. The van der Waals surface area contributed by atoms with Gasteiger partial charge >= 0.3 is 0 Å². The molecule has 0 radical (unpaired) electrons. The number of amides is 2. The standard InChI is InChI=1S/C23H35N3O2S/c1-17-12-18(2)15-26(14-17)22(27)16-24-8-10-25(11-9-24)23(28)21-13-19-6-4-3-5-7-20(19)29-21/h13,17-18H,3-12,14-16H2,1-2H3/t17-,18-/m0/s1. The van der Waals surface area contributed by atoms with Gasteiger partial charge in [0.15, 0.2) is 0 Å². The van der Waals surface area contributed by atoms with Gasteiger partial charge in [-0.2, -0.15) is 0 Å². The molecule has 1 aliphatic carbocycles. The summed E-state index contributed by atoms with van der Waals surface area (Å²) in [5.41, 5.74) is 1.41. The minimum atomic E-state index is 0.188. The van der Waals surface area contributed by atoms with Crippen molar-refractivity contribution < 1.29 is 9.59 Å². The van der Waals surface area contributed by atoms with Crippen LogP contribution in [0.1, 0.15) is 59.6 Å². The summed E-state index contributed by atoms with van der Waals surface area (Å²) in [6.45, 7) is 9.80. The molecule has 2 saturated heterocycles. The number of hydrogen-bond acceptors (Lipinski definition) is 4. The average Bonchev–Trinajstić information content (AvgIpc) is 2.98. The summed E-state index contributed by atoms with van der Waals surface area (Å²) in [5.74, 6) is 1.63. The van der Waals surface area contributed by atoms with E-state index in [9.17, 15) is 9.59 Å². The Kier molecular flexibility index (Phi) is 6.60. The van der Waals surface area contributed by atoms with Gasteiger partial charge in [0.05, 0.1) is 11.4 Å². The van der Waals surface area contributed by atoms with Crippen LogP contribution in [0.5, 0.6) is 0 Å². The van der Waals surface area contributed by atoms with E-state index in [0.29, 0.717) is 18.4 Å². The predicted octanol–water partition coefficient (Wildman–Crippen LogP) is 3.28. The lowest BCUT2D eigenvalue weighted by Crippen LogP contribution is -2.52. The molecular formula is C23H35N3O2S. The first-order valence-electron chi connectivity index (χ1n) is 11.4. The molecule has 6 heteroatoms. The van der Waals surface area contributed by atoms with Gasteiger partial charge in [0, 0.05) is 44.1 Å². The lowest BCUT2D eigenvalue weighted by Gasteiger charge is -2.38. The maximum Gasteiger partial charge on any atom is 0.264 e. The number of nitrogens with zero attached hydrogens (tertiary/aromatic N) is 3. The van der Waals surface area contributed by atoms with Crippen LogP contribution < -0.4 is 0 Å². The number of hydrogen-bond donors (Lipinski definition) is 0. The van der Waals surface area contributed by atoms with Crippen molar-refractivity contribution in [1.29, 1.82) is 0 Å². The fourth-order valence-electron chi connectivity index (χ4n) is 5.20. The largest absolute Gasteiger partial charge is 0.341 e. The summed E-state index contributed by atoms with van der Waals surface area (Å²) >= 11 is 1.72. The topological polar surface area (TPSA) is 43.9 Å². The van der Waals surface area contributed by atoms with Crippen LogP contribution in [0, 0.1) is 11.8 Å². The quantitative estimate of drug-likeness (QED) is 0.709. The molecule has 1 aromatic heterocycles. The van der Waals surface area contributed by atoms with Crippen molar-refractivity contribution in [1.82, 2.24) is 14.7 Å². The Balaban J connectivity index is 1.28. The van der Waals surface area contributed by atoms with E-state index in [2.05, 4.69) is 29.7 Å². The highest BCUT2D eigenvalue weighted by atomic mass is 32.1. The van der Waals surface area contributed by atoms with Crippen molar-refractivity contribution >= 4 is 23.2 Å². The fraction of sp³-hybridized carbons (Fsp3) is 0.739. The van der Waals surface area contributed by atoms with Gasteiger partial charge < -0.3 is 9.80 Å². The minimum absolute atomic E-state index is 0.188. The molecule has 3 heterocycles. The zero-order valence-corrected chi connectivity index (χ0v) is 18.8. The maximum atomic E-state index is 13.0. The van der Waals surface area contributed by atoms with E-state index in [1.165, 1.54) is 36.1 Å². The molecule has 160 valence electrons. The molecule has 5 nitrogen and oxygen atoms in total. The van der Waals surface area contributed by atoms with Crippen LogP contribution in [0.25, 0.3) is 0 Å². The van der Waals surface area contributed by atoms with Gasteiger partial charge in [0.2, 0.25) is 5.91 Å². The lowest BCUT2D eigenvalue weighted by molar-refractivity contribution is -0.135. The van der Waals surface area contributed by atoms with Gasteiger partial charge in [0.1, 0.15) is 0 Å². The molecule has 29 heavy (non-hydrogen) atoms. The van der Waals surface area contributed by atoms with E-state index in [4.69, 9.17) is 0 Å². The molecular weight excluding hydrogens is 382 g/mol. The molecule has 0 N–H and O–H groups in total. The van der Waals surface area contributed by atoms with Crippen molar-refractivity contribution in [3.8, 4) is 0 Å². The summed E-state index contributed by atoms with van der Waals surface area (Å²) < 4.78 is 0. The van der Waals surface area contributed by atoms with Crippen LogP contribution in [-0.4, -0.2) is 72.3 Å². The third-order valence-corrected chi connectivity index (χ3v) is 7.92. The van der Waals surface area contributed by atoms with E-state index in [1.54, 1.807) is 11.3 Å². The van der Waals surface area contributed by atoms with Gasteiger partial charge in [-0.25, -0.2) is 0 Å². The third kappa shape index (κ3) is 5.02. The lowest BCUT2D eigenvalue weighted by atomic mass is 9.92. The second kappa shape index (κ2) is 9.17. The highest BCUT2D eigenvalue weighted by Crippen LogP contribution is 2.30. The Bertz CT molecular complexity index is 705. The highest BCUT2D eigenvalue weighted by molar-refractivity contribution is 7.14. The minimum Gasteiger partial charge on any atom is -0.341 e. The summed E-state index contributed by atoms with van der Waals surface area (Å²) in [6, 6.07) is 2.16. The van der Waals surface area contributed by atoms with Crippen LogP contribution in [0.3, 0.4) is 0 Å². The number of likely N-dealkylation sites (tertiary alicyclic amines) is 1. The van der Waals surface area contributed by atoms with E-state index in [1.807, 2.05) is 4.90 Å². The predicted molar refractivity (Wildman–Crippen MR) is 117 cm³/mol. The second-order valence-electron chi connectivity index (χ2n) is 9.43. The van der Waals surface area contributed by atoms with Crippen molar-refractivity contribution in [3.63, 3.8) is 0 Å². The summed E-state index contributed by atoms with van der Waals surface area (Å²) in [7, 11) is 0. The molecule has 0 bridgehead atoms. The van der Waals surface area contributed by atoms with Gasteiger partial charge in [-0.05, 0) is 55.6 Å². The van der Waals surface area contributed by atoms with Crippen LogP contribution in [0.2, 0.25) is 0 Å². The Labute approximate surface area is 179 Å². The zero-order valence-electron chi connectivity index (χ0n) is 18.0. The summed E-state index contributed by atoms with van der Waals surface area (Å²) in [4.78, 5) is 34.3. The van der Waals surface area contributed by atoms with Gasteiger partial charge in [-0.1, -0.05) is 20.3 Å². The smallest absolute Gasteiger partial charge is 0.264 e. The third-order valence-electron chi connectivity index (χ3n) is 6.70. The number of carbonyl (C=O) groups is 2. The van der Waals surface area contributed by atoms with Crippen molar-refractivity contribution in [2.24, 2.45) is 11.8 Å². The Hall–Kier alpha value is -1.40. The van der Waals surface area contributed by atoms with Crippen LogP contribution in [0.4, 0.5) is 0 Å². The van der Waals surface area contributed by atoms with Gasteiger partial charge in [0.25, 0.3) is 5.91 Å². The van der Waals surface area contributed by atoms with E-state index in [-0.39, 0.29) is 11.8 Å². The highest BCUT2D eigenvalue weighted by Gasteiger charge is 2.29. The van der Waals surface area contributed by atoms with E-state index in [0.717, 1.165) is 57.0 Å². The van der Waals surface area contributed by atoms with Crippen molar-refractivity contribution in [2.45, 2.75) is 52.4 Å². The molecule has 2 aliphatic heterocycles. The monoisotopic (exact) mass is 417 g/mol. The number of carbonyl (C=O) groups excluding carboxylic acids is 2. The Morgan fingerprint density at radius 1 is 0.966 bits per heavy atom. The zero-order chi connectivity index (χ0) is 20.4. The van der Waals surface area contributed by atoms with Crippen molar-refractivity contribution in [3.05, 3.63) is 21.4 Å². The first-order chi connectivity index (χ1) is 14.0. The number of piperidine rings is 1. The molecule has 2 fully saturated rings. The Morgan fingerprint density at radius 2 is 1.66 bits per heavy atom. The van der Waals surface area contributed by atoms with E-state index >= 15 is 0 Å². The van der Waals surface area contributed by atoms with Crippen LogP contribution in [0.15, 0.2) is 6.07 Å². The van der Waals surface area contributed by atoms with E-state index < -0.39 is 0 Å².